The van der Waals surface area contributed by atoms with Crippen LogP contribution in [0.1, 0.15) is 71.6 Å². The Labute approximate surface area is 190 Å². The minimum atomic E-state index is -1.40. The van der Waals surface area contributed by atoms with Gasteiger partial charge in [0, 0.05) is 11.8 Å². The number of aliphatic hydroxyl groups excluding tert-OH is 4. The molecule has 4 saturated carbocycles. The predicted molar refractivity (Wildman–Crippen MR) is 115 cm³/mol. The lowest BCUT2D eigenvalue weighted by atomic mass is 9.45. The molecule has 0 aromatic carbocycles. The summed E-state index contributed by atoms with van der Waals surface area (Å²) in [7, 11) is 0. The van der Waals surface area contributed by atoms with Gasteiger partial charge in [-0.3, -0.25) is 4.79 Å². The van der Waals surface area contributed by atoms with E-state index < -0.39 is 37.3 Å². The molecule has 5 aliphatic rings. The third kappa shape index (κ3) is 3.42. The van der Waals surface area contributed by atoms with Crippen LogP contribution in [0.3, 0.4) is 0 Å². The van der Waals surface area contributed by atoms with Gasteiger partial charge in [-0.25, -0.2) is 0 Å². The average Bonchev–Trinajstić information content (AvgIpc) is 3.09. The van der Waals surface area contributed by atoms with Crippen LogP contribution in [0.4, 0.5) is 0 Å². The van der Waals surface area contributed by atoms with Gasteiger partial charge in [-0.1, -0.05) is 13.8 Å². The number of Topliss-reactive ketones (excluding diaryl/α,β-unsaturated/α-hetero) is 1. The molecule has 0 aromatic rings. The van der Waals surface area contributed by atoms with Gasteiger partial charge in [-0.2, -0.15) is 0 Å². The Balaban J connectivity index is 1.26. The Morgan fingerprint density at radius 1 is 0.969 bits per heavy atom. The summed E-state index contributed by atoms with van der Waals surface area (Å²) in [6.07, 6.45) is 3.00. The average molecular weight is 453 g/mol. The van der Waals surface area contributed by atoms with E-state index in [2.05, 4.69) is 13.8 Å². The molecule has 0 bridgehead atoms. The minimum absolute atomic E-state index is 0.0759. The third-order valence-corrected chi connectivity index (χ3v) is 10.5. The third-order valence-electron chi connectivity index (χ3n) is 10.5. The van der Waals surface area contributed by atoms with E-state index >= 15 is 0 Å². The molecule has 0 amide bonds. The summed E-state index contributed by atoms with van der Waals surface area (Å²) >= 11 is 0. The summed E-state index contributed by atoms with van der Waals surface area (Å²) in [4.78, 5) is 12.6. The summed E-state index contributed by atoms with van der Waals surface area (Å²) in [6, 6.07) is 0. The fourth-order valence-electron chi connectivity index (χ4n) is 8.48. The standard InChI is InChI=1S/C25H40O7/c1-24-9-7-14(31-23-22(30)21(29)20(28)18(12-26)32-23)11-13(24)3-4-15-16-5-6-19(27)25(16,2)10-8-17(15)24/h13-18,20-23,26,28-30H,3-12H2,1-2H3/t13?,14-,15?,16?,17?,18?,20+,21?,22+,23-,24?,25?/m1/s1. The first-order valence-corrected chi connectivity index (χ1v) is 12.7. The van der Waals surface area contributed by atoms with Gasteiger partial charge in [0.05, 0.1) is 12.7 Å². The largest absolute Gasteiger partial charge is 0.394 e. The molecule has 8 unspecified atom stereocenters. The molecule has 182 valence electrons. The molecule has 1 aliphatic heterocycles. The predicted octanol–water partition coefficient (Wildman–Crippen LogP) is 1.78. The number of ether oxygens (including phenoxy) is 2. The van der Waals surface area contributed by atoms with Crippen molar-refractivity contribution in [1.82, 2.24) is 0 Å². The van der Waals surface area contributed by atoms with E-state index in [9.17, 15) is 25.2 Å². The normalized spacial score (nSPS) is 55.8. The number of rotatable bonds is 3. The molecule has 0 spiro atoms. The Hall–Kier alpha value is -0.570. The second kappa shape index (κ2) is 8.28. The van der Waals surface area contributed by atoms with Gasteiger partial charge in [0.2, 0.25) is 0 Å². The molecule has 0 aromatic heterocycles. The van der Waals surface area contributed by atoms with Crippen molar-refractivity contribution in [1.29, 1.82) is 0 Å². The van der Waals surface area contributed by atoms with E-state index in [4.69, 9.17) is 9.47 Å². The maximum atomic E-state index is 12.6. The molecule has 1 heterocycles. The molecule has 7 nitrogen and oxygen atoms in total. The fraction of sp³-hybridized carbons (Fsp3) is 0.960. The summed E-state index contributed by atoms with van der Waals surface area (Å²) in [5, 5.41) is 39.9. The fourth-order valence-corrected chi connectivity index (χ4v) is 8.48. The highest BCUT2D eigenvalue weighted by atomic mass is 16.7. The summed E-state index contributed by atoms with van der Waals surface area (Å²) in [6.45, 7) is 4.24. The van der Waals surface area contributed by atoms with Crippen LogP contribution in [0, 0.1) is 34.5 Å². The molecule has 4 N–H and O–H groups in total. The number of hydrogen-bond donors (Lipinski definition) is 4. The zero-order valence-electron chi connectivity index (χ0n) is 19.4. The van der Waals surface area contributed by atoms with Gasteiger partial charge < -0.3 is 29.9 Å². The lowest BCUT2D eigenvalue weighted by Gasteiger charge is -2.60. The molecular formula is C25H40O7. The van der Waals surface area contributed by atoms with Crippen LogP contribution >= 0.6 is 0 Å². The second-order valence-electron chi connectivity index (χ2n) is 11.8. The molecule has 7 heteroatoms. The number of hydrogen-bond acceptors (Lipinski definition) is 7. The topological polar surface area (TPSA) is 116 Å². The summed E-state index contributed by atoms with van der Waals surface area (Å²) in [5.74, 6) is 2.90. The van der Waals surface area contributed by atoms with Gasteiger partial charge in [0.15, 0.2) is 6.29 Å². The van der Waals surface area contributed by atoms with Crippen molar-refractivity contribution in [3.63, 3.8) is 0 Å². The van der Waals surface area contributed by atoms with Crippen molar-refractivity contribution in [2.75, 3.05) is 6.61 Å². The van der Waals surface area contributed by atoms with Crippen molar-refractivity contribution >= 4 is 5.78 Å². The van der Waals surface area contributed by atoms with E-state index in [1.807, 2.05) is 0 Å². The van der Waals surface area contributed by atoms with Gasteiger partial charge in [0.1, 0.15) is 30.2 Å². The van der Waals surface area contributed by atoms with Crippen LogP contribution in [-0.2, 0) is 14.3 Å². The zero-order valence-corrected chi connectivity index (χ0v) is 19.4. The lowest BCUT2D eigenvalue weighted by Crippen LogP contribution is -2.60. The number of ketones is 1. The van der Waals surface area contributed by atoms with E-state index in [-0.39, 0.29) is 16.9 Å². The van der Waals surface area contributed by atoms with E-state index in [0.717, 1.165) is 51.4 Å². The highest BCUT2D eigenvalue weighted by Gasteiger charge is 2.60. The first kappa shape index (κ1) is 23.2. The first-order chi connectivity index (χ1) is 15.2. The SMILES string of the molecule is CC12CCC3C(CCC4C[C@H](O[C@@H]5OC(CO)[C@H](O)C(O)[C@@H]5O)CCC43C)C1CCC2=O. The molecule has 4 aliphatic carbocycles. The second-order valence-corrected chi connectivity index (χ2v) is 11.8. The van der Waals surface area contributed by atoms with Crippen LogP contribution < -0.4 is 0 Å². The number of aliphatic hydroxyl groups is 4. The maximum Gasteiger partial charge on any atom is 0.186 e. The van der Waals surface area contributed by atoms with Gasteiger partial charge in [-0.15, -0.1) is 0 Å². The lowest BCUT2D eigenvalue weighted by molar-refractivity contribution is -0.316. The van der Waals surface area contributed by atoms with Crippen molar-refractivity contribution in [3.8, 4) is 0 Å². The van der Waals surface area contributed by atoms with Crippen molar-refractivity contribution in [3.05, 3.63) is 0 Å². The number of fused-ring (bicyclic) bond motifs is 5. The zero-order chi connectivity index (χ0) is 22.8. The van der Waals surface area contributed by atoms with Gasteiger partial charge in [0.25, 0.3) is 0 Å². The van der Waals surface area contributed by atoms with Gasteiger partial charge >= 0.3 is 0 Å². The number of carbonyl (C=O) groups is 1. The smallest absolute Gasteiger partial charge is 0.186 e. The molecule has 0 radical (unpaired) electrons. The van der Waals surface area contributed by atoms with Crippen LogP contribution in [0.15, 0.2) is 0 Å². The Bertz CT molecular complexity index is 727. The number of carbonyl (C=O) groups excluding carboxylic acids is 1. The molecule has 12 atom stereocenters. The first-order valence-electron chi connectivity index (χ1n) is 12.7. The van der Waals surface area contributed by atoms with Crippen molar-refractivity contribution in [2.24, 2.45) is 34.5 Å². The monoisotopic (exact) mass is 452 g/mol. The Morgan fingerprint density at radius 3 is 2.50 bits per heavy atom. The van der Waals surface area contributed by atoms with Crippen LogP contribution in [-0.4, -0.2) is 69.6 Å². The Kier molecular flexibility index (Phi) is 6.00. The van der Waals surface area contributed by atoms with Gasteiger partial charge in [-0.05, 0) is 80.5 Å². The van der Waals surface area contributed by atoms with E-state index in [1.54, 1.807) is 0 Å². The Morgan fingerprint density at radius 2 is 1.75 bits per heavy atom. The van der Waals surface area contributed by atoms with Crippen molar-refractivity contribution < 1.29 is 34.7 Å². The summed E-state index contributed by atoms with van der Waals surface area (Å²) < 4.78 is 11.7. The maximum absolute atomic E-state index is 12.6. The van der Waals surface area contributed by atoms with E-state index in [0.29, 0.717) is 29.5 Å². The highest BCUT2D eigenvalue weighted by Crippen LogP contribution is 2.65. The molecule has 5 rings (SSSR count). The van der Waals surface area contributed by atoms with Crippen LogP contribution in [0.2, 0.25) is 0 Å². The van der Waals surface area contributed by atoms with E-state index in [1.165, 1.54) is 6.42 Å². The minimum Gasteiger partial charge on any atom is -0.394 e. The van der Waals surface area contributed by atoms with Crippen LogP contribution in [0.5, 0.6) is 0 Å². The molecule has 1 saturated heterocycles. The van der Waals surface area contributed by atoms with Crippen LogP contribution in [0.25, 0.3) is 0 Å². The molecular weight excluding hydrogens is 412 g/mol. The highest BCUT2D eigenvalue weighted by molar-refractivity contribution is 5.87. The molecule has 32 heavy (non-hydrogen) atoms. The van der Waals surface area contributed by atoms with Crippen molar-refractivity contribution in [2.45, 2.75) is 108 Å². The summed E-state index contributed by atoms with van der Waals surface area (Å²) in [5.41, 5.74) is 0.166. The molecule has 5 fully saturated rings. The quantitative estimate of drug-likeness (QED) is 0.482.